The van der Waals surface area contributed by atoms with Gasteiger partial charge in [0, 0.05) is 25.2 Å². The van der Waals surface area contributed by atoms with Gasteiger partial charge >= 0.3 is 0 Å². The number of rotatable bonds is 4. The largest absolute Gasteiger partial charge is 0.378 e. The molecular weight excluding hydrogens is 372 g/mol. The standard InChI is InChI=1S/C17H18N4O5S/c22-21(23)15-6-4-5-14(13-15)18-19-17(20-9-11-26-12-10-20)27(24,25)16-7-2-1-3-8-16/h1-8,13,18H,9-12H2/b19-17+. The molecule has 1 N–H and O–H groups in total. The number of morpholine rings is 1. The first-order valence-corrected chi connectivity index (χ1v) is 9.68. The highest BCUT2D eigenvalue weighted by Crippen LogP contribution is 2.19. The summed E-state index contributed by atoms with van der Waals surface area (Å²) >= 11 is 0. The van der Waals surface area contributed by atoms with Crippen molar-refractivity contribution in [3.8, 4) is 0 Å². The Kier molecular flexibility index (Phi) is 5.67. The predicted octanol–water partition coefficient (Wildman–Crippen LogP) is 2.08. The highest BCUT2D eigenvalue weighted by Gasteiger charge is 2.29. The minimum Gasteiger partial charge on any atom is -0.378 e. The van der Waals surface area contributed by atoms with Gasteiger partial charge in [-0.2, -0.15) is 0 Å². The predicted molar refractivity (Wildman–Crippen MR) is 100 cm³/mol. The Hall–Kier alpha value is -2.98. The Balaban J connectivity index is 1.96. The lowest BCUT2D eigenvalue weighted by molar-refractivity contribution is -0.384. The number of non-ortho nitro benzene ring substituents is 1. The lowest BCUT2D eigenvalue weighted by atomic mass is 10.3. The first kappa shape index (κ1) is 18.8. The average Bonchev–Trinajstić information content (AvgIpc) is 2.70. The number of anilines is 1. The summed E-state index contributed by atoms with van der Waals surface area (Å²) < 4.78 is 31.4. The summed E-state index contributed by atoms with van der Waals surface area (Å²) in [7, 11) is -3.87. The molecule has 1 aliphatic rings. The molecule has 142 valence electrons. The summed E-state index contributed by atoms with van der Waals surface area (Å²) in [4.78, 5) is 12.1. The van der Waals surface area contributed by atoms with E-state index in [0.717, 1.165) is 0 Å². The minimum absolute atomic E-state index is 0.117. The van der Waals surface area contributed by atoms with Crippen LogP contribution in [0.15, 0.2) is 64.6 Å². The van der Waals surface area contributed by atoms with Gasteiger partial charge in [-0.15, -0.1) is 5.10 Å². The zero-order valence-corrected chi connectivity index (χ0v) is 15.1. The summed E-state index contributed by atoms with van der Waals surface area (Å²) in [5.41, 5.74) is 2.84. The van der Waals surface area contributed by atoms with Crippen molar-refractivity contribution in [2.45, 2.75) is 4.90 Å². The van der Waals surface area contributed by atoms with Crippen molar-refractivity contribution < 1.29 is 18.1 Å². The number of nitro groups is 1. The third-order valence-corrected chi connectivity index (χ3v) is 5.64. The second-order valence-electron chi connectivity index (χ2n) is 5.73. The molecule has 9 nitrogen and oxygen atoms in total. The quantitative estimate of drug-likeness (QED) is 0.368. The lowest BCUT2D eigenvalue weighted by Crippen LogP contribution is -2.44. The van der Waals surface area contributed by atoms with Crippen molar-refractivity contribution in [1.82, 2.24) is 4.90 Å². The maximum atomic E-state index is 13.1. The highest BCUT2D eigenvalue weighted by molar-refractivity contribution is 8.06. The number of hydrazone groups is 1. The Morgan fingerprint density at radius 2 is 1.81 bits per heavy atom. The molecular formula is C17H18N4O5S. The SMILES string of the molecule is O=[N+]([O-])c1cccc(N/N=C(\N2CCOCC2)S(=O)(=O)c2ccccc2)c1. The summed E-state index contributed by atoms with van der Waals surface area (Å²) in [6.45, 7) is 1.53. The maximum Gasteiger partial charge on any atom is 0.271 e. The third kappa shape index (κ3) is 4.41. The van der Waals surface area contributed by atoms with E-state index in [1.165, 1.54) is 30.3 Å². The van der Waals surface area contributed by atoms with Crippen LogP contribution < -0.4 is 5.43 Å². The van der Waals surface area contributed by atoms with Gasteiger partial charge in [0.25, 0.3) is 5.69 Å². The van der Waals surface area contributed by atoms with Crippen LogP contribution in [0.5, 0.6) is 0 Å². The van der Waals surface area contributed by atoms with E-state index in [2.05, 4.69) is 10.5 Å². The Morgan fingerprint density at radius 1 is 1.11 bits per heavy atom. The number of benzene rings is 2. The molecule has 0 bridgehead atoms. The number of ether oxygens (including phenoxy) is 1. The van der Waals surface area contributed by atoms with Gasteiger partial charge in [-0.25, -0.2) is 8.42 Å². The normalized spacial score (nSPS) is 15.4. The fourth-order valence-corrected chi connectivity index (χ4v) is 3.98. The molecule has 2 aromatic carbocycles. The zero-order valence-electron chi connectivity index (χ0n) is 14.3. The van der Waals surface area contributed by atoms with Crippen LogP contribution >= 0.6 is 0 Å². The van der Waals surface area contributed by atoms with E-state index < -0.39 is 14.8 Å². The van der Waals surface area contributed by atoms with Gasteiger partial charge in [0.15, 0.2) is 0 Å². The first-order valence-electron chi connectivity index (χ1n) is 8.19. The number of hydrogen-bond donors (Lipinski definition) is 1. The van der Waals surface area contributed by atoms with E-state index in [1.807, 2.05) is 0 Å². The molecule has 0 amide bonds. The zero-order chi connectivity index (χ0) is 19.3. The molecule has 1 aliphatic heterocycles. The molecule has 0 atom stereocenters. The monoisotopic (exact) mass is 390 g/mol. The maximum absolute atomic E-state index is 13.1. The van der Waals surface area contributed by atoms with Crippen molar-refractivity contribution in [3.63, 3.8) is 0 Å². The van der Waals surface area contributed by atoms with Gasteiger partial charge in [-0.05, 0) is 18.2 Å². The molecule has 0 aromatic heterocycles. The van der Waals surface area contributed by atoms with Crippen molar-refractivity contribution >= 4 is 26.4 Å². The van der Waals surface area contributed by atoms with E-state index in [9.17, 15) is 18.5 Å². The number of amidine groups is 1. The highest BCUT2D eigenvalue weighted by atomic mass is 32.2. The van der Waals surface area contributed by atoms with Crippen LogP contribution in [0.3, 0.4) is 0 Å². The minimum atomic E-state index is -3.87. The second-order valence-corrected chi connectivity index (χ2v) is 7.57. The van der Waals surface area contributed by atoms with Crippen molar-refractivity contribution in [2.24, 2.45) is 5.10 Å². The number of nitrogens with zero attached hydrogens (tertiary/aromatic N) is 3. The molecule has 0 unspecified atom stereocenters. The van der Waals surface area contributed by atoms with Gasteiger partial charge in [0.05, 0.1) is 28.7 Å². The van der Waals surface area contributed by atoms with Gasteiger partial charge in [-0.3, -0.25) is 15.5 Å². The van der Waals surface area contributed by atoms with E-state index in [4.69, 9.17) is 4.74 Å². The smallest absolute Gasteiger partial charge is 0.271 e. The molecule has 1 fully saturated rings. The Bertz CT molecular complexity index is 941. The van der Waals surface area contributed by atoms with Crippen LogP contribution in [-0.2, 0) is 14.6 Å². The molecule has 2 aromatic rings. The Morgan fingerprint density at radius 3 is 2.48 bits per heavy atom. The topological polar surface area (TPSA) is 114 Å². The van der Waals surface area contributed by atoms with E-state index in [1.54, 1.807) is 29.2 Å². The lowest BCUT2D eigenvalue weighted by Gasteiger charge is -2.29. The molecule has 0 saturated carbocycles. The van der Waals surface area contributed by atoms with Crippen LogP contribution in [0.2, 0.25) is 0 Å². The van der Waals surface area contributed by atoms with Crippen molar-refractivity contribution in [2.75, 3.05) is 31.7 Å². The van der Waals surface area contributed by atoms with Crippen LogP contribution in [0.25, 0.3) is 0 Å². The fraction of sp³-hybridized carbons (Fsp3) is 0.235. The second kappa shape index (κ2) is 8.14. The summed E-state index contributed by atoms with van der Waals surface area (Å²) in [5.74, 6) is 0. The third-order valence-electron chi connectivity index (χ3n) is 3.91. The molecule has 10 heteroatoms. The molecule has 1 heterocycles. The number of hydrogen-bond acceptors (Lipinski definition) is 7. The summed E-state index contributed by atoms with van der Waals surface area (Å²) in [5, 5.41) is 14.8. The number of sulfone groups is 1. The molecule has 3 rings (SSSR count). The van der Waals surface area contributed by atoms with Gasteiger partial charge in [-0.1, -0.05) is 24.3 Å². The van der Waals surface area contributed by atoms with Crippen LogP contribution in [0.1, 0.15) is 0 Å². The van der Waals surface area contributed by atoms with E-state index >= 15 is 0 Å². The van der Waals surface area contributed by atoms with Crippen LogP contribution in [0.4, 0.5) is 11.4 Å². The van der Waals surface area contributed by atoms with Crippen molar-refractivity contribution in [1.29, 1.82) is 0 Å². The fourth-order valence-electron chi connectivity index (χ4n) is 2.56. The van der Waals surface area contributed by atoms with Gasteiger partial charge in [0.1, 0.15) is 0 Å². The molecule has 1 saturated heterocycles. The molecule has 0 radical (unpaired) electrons. The molecule has 0 spiro atoms. The average molecular weight is 390 g/mol. The van der Waals surface area contributed by atoms with Crippen molar-refractivity contribution in [3.05, 3.63) is 64.7 Å². The van der Waals surface area contributed by atoms with Gasteiger partial charge < -0.3 is 9.64 Å². The van der Waals surface area contributed by atoms with Crippen LogP contribution in [0, 0.1) is 10.1 Å². The van der Waals surface area contributed by atoms with E-state index in [0.29, 0.717) is 32.0 Å². The molecule has 0 aliphatic carbocycles. The summed E-state index contributed by atoms with van der Waals surface area (Å²) in [6.07, 6.45) is 0. The Labute approximate surface area is 156 Å². The first-order chi connectivity index (χ1) is 13.0. The number of nitro benzene ring substituents is 1. The van der Waals surface area contributed by atoms with Crippen LogP contribution in [-0.4, -0.2) is 49.7 Å². The number of nitrogens with one attached hydrogen (secondary N) is 1. The van der Waals surface area contributed by atoms with Gasteiger partial charge in [0.2, 0.25) is 15.0 Å². The molecule has 27 heavy (non-hydrogen) atoms. The summed E-state index contributed by atoms with van der Waals surface area (Å²) in [6, 6.07) is 13.7. The van der Waals surface area contributed by atoms with E-state index in [-0.39, 0.29) is 15.8 Å².